The van der Waals surface area contributed by atoms with Gasteiger partial charge in [0.2, 0.25) is 10.0 Å². The largest absolute Gasteiger partial charge is 0.377 e. The molecule has 6 rings (SSSR count). The Morgan fingerprint density at radius 1 is 1.17 bits per heavy atom. The van der Waals surface area contributed by atoms with Gasteiger partial charge in [0.05, 0.1) is 21.9 Å². The van der Waals surface area contributed by atoms with Crippen LogP contribution >= 0.6 is 0 Å². The molecule has 35 heavy (non-hydrogen) atoms. The first-order chi connectivity index (χ1) is 17.0. The van der Waals surface area contributed by atoms with Crippen LogP contribution in [0.2, 0.25) is 0 Å². The Morgan fingerprint density at radius 3 is 2.74 bits per heavy atom. The maximum atomic E-state index is 13.4. The number of fused-ring (bicyclic) bond motifs is 1. The van der Waals surface area contributed by atoms with E-state index in [-0.39, 0.29) is 29.0 Å². The predicted octanol–water partition coefficient (Wildman–Crippen LogP) is 1.91. The Morgan fingerprint density at radius 2 is 2.00 bits per heavy atom. The number of aromatic nitrogens is 3. The molecule has 1 atom stereocenters. The summed E-state index contributed by atoms with van der Waals surface area (Å²) in [4.78, 5) is 29.7. The second-order valence-corrected chi connectivity index (χ2v) is 11.3. The monoisotopic (exact) mass is 496 g/mol. The van der Waals surface area contributed by atoms with Crippen molar-refractivity contribution in [2.75, 3.05) is 37.7 Å². The molecule has 184 valence electrons. The van der Waals surface area contributed by atoms with E-state index in [1.54, 1.807) is 18.5 Å². The number of sulfonamides is 1. The predicted molar refractivity (Wildman–Crippen MR) is 130 cm³/mol. The number of piperazine rings is 1. The van der Waals surface area contributed by atoms with Crippen LogP contribution in [0.1, 0.15) is 36.0 Å². The van der Waals surface area contributed by atoms with Crippen molar-refractivity contribution in [2.24, 2.45) is 0 Å². The van der Waals surface area contributed by atoms with Crippen LogP contribution in [0.25, 0.3) is 11.0 Å². The fourth-order valence-electron chi connectivity index (χ4n) is 5.18. The van der Waals surface area contributed by atoms with E-state index in [9.17, 15) is 13.2 Å². The number of anilines is 1. The number of ether oxygens (including phenoxy) is 1. The standard InChI is InChI=1S/C24H28N6O4S/c31-23(17-3-5-19(6-4-17)35(32,33)28-14-18-2-1-13-34-18)30-12-11-29(15-24(30)8-9-24)22-20-7-10-25-21(20)26-16-27-22/h3-7,10,16,18,28H,1-2,8-9,11-15H2,(H,25,26,27). The van der Waals surface area contributed by atoms with Gasteiger partial charge in [-0.2, -0.15) is 0 Å². The zero-order chi connectivity index (χ0) is 24.0. The number of hydrogen-bond donors (Lipinski definition) is 2. The van der Waals surface area contributed by atoms with Gasteiger partial charge in [-0.05, 0) is 56.0 Å². The number of hydrogen-bond acceptors (Lipinski definition) is 7. The van der Waals surface area contributed by atoms with Crippen molar-refractivity contribution in [3.05, 3.63) is 48.4 Å². The third kappa shape index (κ3) is 4.17. The quantitative estimate of drug-likeness (QED) is 0.535. The van der Waals surface area contributed by atoms with E-state index in [1.165, 1.54) is 12.1 Å². The summed E-state index contributed by atoms with van der Waals surface area (Å²) in [6.45, 7) is 2.91. The number of H-pyrrole nitrogens is 1. The molecular formula is C24H28N6O4S. The van der Waals surface area contributed by atoms with Gasteiger partial charge in [-0.1, -0.05) is 0 Å². The van der Waals surface area contributed by atoms with Crippen molar-refractivity contribution in [3.63, 3.8) is 0 Å². The molecule has 2 aliphatic heterocycles. The lowest BCUT2D eigenvalue weighted by molar-refractivity contribution is 0.0624. The van der Waals surface area contributed by atoms with Gasteiger partial charge < -0.3 is 19.5 Å². The summed E-state index contributed by atoms with van der Waals surface area (Å²) in [6, 6.07) is 8.21. The number of aromatic amines is 1. The average Bonchev–Trinajstić information content (AvgIpc) is 3.27. The summed E-state index contributed by atoms with van der Waals surface area (Å²) >= 11 is 0. The van der Waals surface area contributed by atoms with Crippen LogP contribution < -0.4 is 9.62 Å². The van der Waals surface area contributed by atoms with Crippen molar-refractivity contribution >= 4 is 32.8 Å². The van der Waals surface area contributed by atoms with Crippen molar-refractivity contribution in [2.45, 2.75) is 42.2 Å². The molecule has 1 aliphatic carbocycles. The van der Waals surface area contributed by atoms with Gasteiger partial charge in [0.15, 0.2) is 0 Å². The van der Waals surface area contributed by atoms with Crippen LogP contribution in [0.3, 0.4) is 0 Å². The lowest BCUT2D eigenvalue weighted by Crippen LogP contribution is -2.57. The highest BCUT2D eigenvalue weighted by molar-refractivity contribution is 7.89. The van der Waals surface area contributed by atoms with Crippen LogP contribution in [0.15, 0.2) is 47.8 Å². The molecule has 1 amide bonds. The van der Waals surface area contributed by atoms with Gasteiger partial charge in [0.25, 0.3) is 5.91 Å². The molecule has 11 heteroatoms. The zero-order valence-electron chi connectivity index (χ0n) is 19.3. The van der Waals surface area contributed by atoms with E-state index < -0.39 is 10.0 Å². The molecule has 1 unspecified atom stereocenters. The SMILES string of the molecule is O=C(c1ccc(S(=O)(=O)NCC2CCCO2)cc1)N1CCN(c2ncnc3[nH]ccc23)CC12CC2. The van der Waals surface area contributed by atoms with Crippen LogP contribution in [0.4, 0.5) is 5.82 Å². The molecule has 3 fully saturated rings. The Labute approximate surface area is 203 Å². The third-order valence-corrected chi connectivity index (χ3v) is 8.73. The molecule has 4 heterocycles. The molecule has 3 aromatic rings. The number of carbonyl (C=O) groups excluding carboxylic acids is 1. The Bertz CT molecular complexity index is 1350. The Balaban J connectivity index is 1.15. The summed E-state index contributed by atoms with van der Waals surface area (Å²) in [5.41, 5.74) is 1.09. The van der Waals surface area contributed by atoms with Crippen molar-refractivity contribution in [1.29, 1.82) is 0 Å². The van der Waals surface area contributed by atoms with Gasteiger partial charge in [0.1, 0.15) is 17.8 Å². The van der Waals surface area contributed by atoms with Gasteiger partial charge >= 0.3 is 0 Å². The first kappa shape index (κ1) is 22.4. The topological polar surface area (TPSA) is 121 Å². The molecule has 1 saturated carbocycles. The van der Waals surface area contributed by atoms with E-state index in [2.05, 4.69) is 24.6 Å². The molecule has 0 bridgehead atoms. The third-order valence-electron chi connectivity index (χ3n) is 7.29. The minimum Gasteiger partial charge on any atom is -0.377 e. The van der Waals surface area contributed by atoms with E-state index in [1.807, 2.05) is 17.2 Å². The highest BCUT2D eigenvalue weighted by Gasteiger charge is 2.53. The van der Waals surface area contributed by atoms with Gasteiger partial charge in [-0.25, -0.2) is 23.1 Å². The average molecular weight is 497 g/mol. The second-order valence-electron chi connectivity index (χ2n) is 9.55. The first-order valence-electron chi connectivity index (χ1n) is 12.0. The van der Waals surface area contributed by atoms with Gasteiger partial charge in [-0.3, -0.25) is 4.79 Å². The molecule has 3 aliphatic rings. The highest BCUT2D eigenvalue weighted by atomic mass is 32.2. The maximum Gasteiger partial charge on any atom is 0.254 e. The van der Waals surface area contributed by atoms with Crippen LogP contribution in [0.5, 0.6) is 0 Å². The van der Waals surface area contributed by atoms with Crippen LogP contribution in [0, 0.1) is 0 Å². The summed E-state index contributed by atoms with van der Waals surface area (Å²) in [5, 5.41) is 0.980. The summed E-state index contributed by atoms with van der Waals surface area (Å²) in [5.74, 6) is 0.826. The second kappa shape index (κ2) is 8.58. The van der Waals surface area contributed by atoms with Crippen molar-refractivity contribution in [3.8, 4) is 0 Å². The van der Waals surface area contributed by atoms with Gasteiger partial charge in [0, 0.05) is 44.5 Å². The molecule has 2 aromatic heterocycles. The molecule has 1 aromatic carbocycles. The number of nitrogens with one attached hydrogen (secondary N) is 2. The van der Waals surface area contributed by atoms with Crippen LogP contribution in [-0.4, -0.2) is 78.6 Å². The fraction of sp³-hybridized carbons (Fsp3) is 0.458. The van der Waals surface area contributed by atoms with E-state index in [4.69, 9.17) is 4.74 Å². The zero-order valence-corrected chi connectivity index (χ0v) is 20.1. The lowest BCUT2D eigenvalue weighted by atomic mass is 10.1. The molecule has 2 saturated heterocycles. The number of amides is 1. The summed E-state index contributed by atoms with van der Waals surface area (Å²) < 4.78 is 33.4. The number of rotatable bonds is 6. The smallest absolute Gasteiger partial charge is 0.254 e. The normalized spacial score (nSPS) is 21.7. The van der Waals surface area contributed by atoms with Crippen molar-refractivity contribution in [1.82, 2.24) is 24.6 Å². The fourth-order valence-corrected chi connectivity index (χ4v) is 6.25. The Kier molecular flexibility index (Phi) is 5.50. The molecule has 10 nitrogen and oxygen atoms in total. The first-order valence-corrected chi connectivity index (χ1v) is 13.5. The van der Waals surface area contributed by atoms with E-state index in [0.717, 1.165) is 49.1 Å². The summed E-state index contributed by atoms with van der Waals surface area (Å²) in [6.07, 6.45) is 7.04. The van der Waals surface area contributed by atoms with Crippen LogP contribution in [-0.2, 0) is 14.8 Å². The minimum atomic E-state index is -3.65. The number of benzene rings is 1. The minimum absolute atomic E-state index is 0.0621. The highest BCUT2D eigenvalue weighted by Crippen LogP contribution is 2.46. The number of nitrogens with zero attached hydrogens (tertiary/aromatic N) is 4. The molecule has 1 spiro atoms. The lowest BCUT2D eigenvalue weighted by Gasteiger charge is -2.42. The maximum absolute atomic E-state index is 13.4. The number of carbonyl (C=O) groups is 1. The van der Waals surface area contributed by atoms with Gasteiger partial charge in [-0.15, -0.1) is 0 Å². The molecular weight excluding hydrogens is 468 g/mol. The Hall–Kier alpha value is -3.02. The molecule has 2 N–H and O–H groups in total. The van der Waals surface area contributed by atoms with E-state index in [0.29, 0.717) is 25.3 Å². The van der Waals surface area contributed by atoms with Crippen molar-refractivity contribution < 1.29 is 17.9 Å². The van der Waals surface area contributed by atoms with E-state index >= 15 is 0 Å². The summed E-state index contributed by atoms with van der Waals surface area (Å²) in [7, 11) is -3.65. The molecule has 0 radical (unpaired) electrons.